The Bertz CT molecular complexity index is 337. The molecule has 0 heterocycles. The first-order valence-electron chi connectivity index (χ1n) is 5.80. The largest absolute Gasteiger partial charge is 0.397 e. The first kappa shape index (κ1) is 12.8. The first-order valence-corrected chi connectivity index (χ1v) is 5.80. The molecular formula is C13H22N2O. The molecule has 0 fully saturated rings. The third-order valence-electron chi connectivity index (χ3n) is 2.79. The summed E-state index contributed by atoms with van der Waals surface area (Å²) in [5.74, 6) is 0. The summed E-state index contributed by atoms with van der Waals surface area (Å²) in [6, 6.07) is 6.47. The molecule has 90 valence electrons. The van der Waals surface area contributed by atoms with E-state index >= 15 is 0 Å². The molecule has 0 spiro atoms. The average molecular weight is 222 g/mol. The molecular weight excluding hydrogens is 200 g/mol. The van der Waals surface area contributed by atoms with Gasteiger partial charge >= 0.3 is 0 Å². The summed E-state index contributed by atoms with van der Waals surface area (Å²) in [5.41, 5.74) is 9.11. The number of aliphatic hydroxyl groups excluding tert-OH is 1. The number of anilines is 2. The number of benzene rings is 1. The van der Waals surface area contributed by atoms with Gasteiger partial charge in [0.15, 0.2) is 0 Å². The third kappa shape index (κ3) is 2.89. The summed E-state index contributed by atoms with van der Waals surface area (Å²) >= 11 is 0. The van der Waals surface area contributed by atoms with Gasteiger partial charge in [-0.2, -0.15) is 0 Å². The summed E-state index contributed by atoms with van der Waals surface area (Å²) < 4.78 is 0. The van der Waals surface area contributed by atoms with Crippen LogP contribution >= 0.6 is 0 Å². The number of nitrogens with zero attached hydrogens (tertiary/aromatic N) is 1. The van der Waals surface area contributed by atoms with Gasteiger partial charge in [0.05, 0.1) is 11.4 Å². The SMILES string of the molecule is Cc1cccc(N(CCCO)C(C)C)c1N. The van der Waals surface area contributed by atoms with Gasteiger partial charge in [0.2, 0.25) is 0 Å². The standard InChI is InChI=1S/C13H22N2O/c1-10(2)15(8-5-9-16)12-7-4-6-11(3)13(12)14/h4,6-7,10,16H,5,8-9,14H2,1-3H3. The maximum Gasteiger partial charge on any atom is 0.0605 e. The number of aryl methyl sites for hydroxylation is 1. The molecule has 0 saturated carbocycles. The molecule has 0 aliphatic heterocycles. The van der Waals surface area contributed by atoms with Crippen molar-refractivity contribution in [2.45, 2.75) is 33.2 Å². The van der Waals surface area contributed by atoms with Crippen LogP contribution in [0.15, 0.2) is 18.2 Å². The van der Waals surface area contributed by atoms with Gasteiger partial charge in [-0.3, -0.25) is 0 Å². The smallest absolute Gasteiger partial charge is 0.0605 e. The second-order valence-corrected chi connectivity index (χ2v) is 4.37. The van der Waals surface area contributed by atoms with E-state index in [0.717, 1.165) is 29.9 Å². The van der Waals surface area contributed by atoms with Gasteiger partial charge in [-0.15, -0.1) is 0 Å². The van der Waals surface area contributed by atoms with E-state index in [9.17, 15) is 0 Å². The molecule has 0 bridgehead atoms. The number of hydrogen-bond donors (Lipinski definition) is 2. The van der Waals surface area contributed by atoms with Crippen LogP contribution in [0.3, 0.4) is 0 Å². The van der Waals surface area contributed by atoms with E-state index in [4.69, 9.17) is 10.8 Å². The van der Waals surface area contributed by atoms with Crippen molar-refractivity contribution in [2.24, 2.45) is 0 Å². The molecule has 0 amide bonds. The Labute approximate surface area is 97.9 Å². The molecule has 16 heavy (non-hydrogen) atoms. The fourth-order valence-electron chi connectivity index (χ4n) is 1.81. The topological polar surface area (TPSA) is 49.5 Å². The van der Waals surface area contributed by atoms with E-state index in [1.165, 1.54) is 0 Å². The Hall–Kier alpha value is -1.22. The minimum atomic E-state index is 0.217. The zero-order chi connectivity index (χ0) is 12.1. The van der Waals surface area contributed by atoms with Crippen molar-refractivity contribution in [2.75, 3.05) is 23.8 Å². The first-order chi connectivity index (χ1) is 7.57. The van der Waals surface area contributed by atoms with Gasteiger partial charge < -0.3 is 15.7 Å². The van der Waals surface area contributed by atoms with E-state index in [-0.39, 0.29) is 6.61 Å². The molecule has 1 rings (SSSR count). The van der Waals surface area contributed by atoms with E-state index in [0.29, 0.717) is 6.04 Å². The average Bonchev–Trinajstić information content (AvgIpc) is 2.24. The van der Waals surface area contributed by atoms with Gasteiger partial charge in [-0.1, -0.05) is 12.1 Å². The molecule has 0 aromatic heterocycles. The fourth-order valence-corrected chi connectivity index (χ4v) is 1.81. The lowest BCUT2D eigenvalue weighted by atomic mass is 10.1. The minimum absolute atomic E-state index is 0.217. The minimum Gasteiger partial charge on any atom is -0.397 e. The van der Waals surface area contributed by atoms with Gasteiger partial charge in [0, 0.05) is 19.2 Å². The summed E-state index contributed by atoms with van der Waals surface area (Å²) in [4.78, 5) is 2.23. The molecule has 0 radical (unpaired) electrons. The highest BCUT2D eigenvalue weighted by Crippen LogP contribution is 2.27. The van der Waals surface area contributed by atoms with Gasteiger partial charge in [-0.05, 0) is 38.8 Å². The highest BCUT2D eigenvalue weighted by atomic mass is 16.3. The van der Waals surface area contributed by atoms with Crippen LogP contribution < -0.4 is 10.6 Å². The predicted octanol–water partition coefficient (Wildman–Crippen LogP) is 2.17. The highest BCUT2D eigenvalue weighted by molar-refractivity contribution is 5.71. The van der Waals surface area contributed by atoms with Crippen LogP contribution in [0.1, 0.15) is 25.8 Å². The van der Waals surface area contributed by atoms with Crippen molar-refractivity contribution >= 4 is 11.4 Å². The highest BCUT2D eigenvalue weighted by Gasteiger charge is 2.13. The molecule has 3 heteroatoms. The molecule has 1 aromatic carbocycles. The molecule has 1 aromatic rings. The van der Waals surface area contributed by atoms with E-state index in [1.54, 1.807) is 0 Å². The number of rotatable bonds is 5. The van der Waals surface area contributed by atoms with Crippen LogP contribution in [0, 0.1) is 6.92 Å². The van der Waals surface area contributed by atoms with Crippen LogP contribution in [-0.4, -0.2) is 24.3 Å². The number of nitrogens with two attached hydrogens (primary N) is 1. The van der Waals surface area contributed by atoms with Crippen LogP contribution in [0.2, 0.25) is 0 Å². The number of aliphatic hydroxyl groups is 1. The summed E-state index contributed by atoms with van der Waals surface area (Å²) in [7, 11) is 0. The van der Waals surface area contributed by atoms with Gasteiger partial charge in [0.25, 0.3) is 0 Å². The monoisotopic (exact) mass is 222 g/mol. The molecule has 0 aliphatic carbocycles. The zero-order valence-corrected chi connectivity index (χ0v) is 10.4. The van der Waals surface area contributed by atoms with E-state index in [1.807, 2.05) is 25.1 Å². The quantitative estimate of drug-likeness (QED) is 0.751. The number of para-hydroxylation sites is 1. The van der Waals surface area contributed by atoms with Crippen molar-refractivity contribution < 1.29 is 5.11 Å². The van der Waals surface area contributed by atoms with Crippen molar-refractivity contribution in [3.05, 3.63) is 23.8 Å². The number of nitrogen functional groups attached to an aromatic ring is 1. The predicted molar refractivity (Wildman–Crippen MR) is 69.8 cm³/mol. The Balaban J connectivity index is 2.96. The summed E-state index contributed by atoms with van der Waals surface area (Å²) in [6.07, 6.45) is 0.769. The van der Waals surface area contributed by atoms with E-state index < -0.39 is 0 Å². The molecule has 0 atom stereocenters. The second kappa shape index (κ2) is 5.75. The van der Waals surface area contributed by atoms with Gasteiger partial charge in [0.1, 0.15) is 0 Å². The maximum absolute atomic E-state index is 8.91. The molecule has 0 unspecified atom stereocenters. The Kier molecular flexibility index (Phi) is 4.62. The van der Waals surface area contributed by atoms with Gasteiger partial charge in [-0.25, -0.2) is 0 Å². The molecule has 3 nitrogen and oxygen atoms in total. The fraction of sp³-hybridized carbons (Fsp3) is 0.538. The summed E-state index contributed by atoms with van der Waals surface area (Å²) in [5, 5.41) is 8.91. The lowest BCUT2D eigenvalue weighted by molar-refractivity contribution is 0.288. The Morgan fingerprint density at radius 2 is 2.06 bits per heavy atom. The molecule has 0 aliphatic rings. The van der Waals surface area contributed by atoms with Crippen molar-refractivity contribution in [3.63, 3.8) is 0 Å². The molecule has 0 saturated heterocycles. The van der Waals surface area contributed by atoms with E-state index in [2.05, 4.69) is 18.7 Å². The second-order valence-electron chi connectivity index (χ2n) is 4.37. The molecule has 3 N–H and O–H groups in total. The van der Waals surface area contributed by atoms with Crippen molar-refractivity contribution in [1.29, 1.82) is 0 Å². The Morgan fingerprint density at radius 3 is 2.62 bits per heavy atom. The number of hydrogen-bond acceptors (Lipinski definition) is 3. The lowest BCUT2D eigenvalue weighted by Crippen LogP contribution is -2.32. The maximum atomic E-state index is 8.91. The van der Waals surface area contributed by atoms with Crippen LogP contribution in [0.5, 0.6) is 0 Å². The van der Waals surface area contributed by atoms with Crippen LogP contribution in [0.4, 0.5) is 11.4 Å². The lowest BCUT2D eigenvalue weighted by Gasteiger charge is -2.30. The Morgan fingerprint density at radius 1 is 1.38 bits per heavy atom. The van der Waals surface area contributed by atoms with Crippen molar-refractivity contribution in [3.8, 4) is 0 Å². The summed E-state index contributed by atoms with van der Waals surface area (Å²) in [6.45, 7) is 7.35. The van der Waals surface area contributed by atoms with Crippen molar-refractivity contribution in [1.82, 2.24) is 0 Å². The van der Waals surface area contributed by atoms with Crippen LogP contribution in [0.25, 0.3) is 0 Å². The third-order valence-corrected chi connectivity index (χ3v) is 2.79. The normalized spacial score (nSPS) is 10.8. The zero-order valence-electron chi connectivity index (χ0n) is 10.4. The van der Waals surface area contributed by atoms with Crippen LogP contribution in [-0.2, 0) is 0 Å².